The molecule has 0 saturated heterocycles. The summed E-state index contributed by atoms with van der Waals surface area (Å²) < 4.78 is 49.3. The van der Waals surface area contributed by atoms with Gasteiger partial charge in [0.15, 0.2) is 11.5 Å². The summed E-state index contributed by atoms with van der Waals surface area (Å²) >= 11 is 6.22. The van der Waals surface area contributed by atoms with E-state index in [9.17, 15) is 18.0 Å². The number of alkyl halides is 3. The third-order valence-corrected chi connectivity index (χ3v) is 5.92. The highest BCUT2D eigenvalue weighted by Gasteiger charge is 2.41. The third kappa shape index (κ3) is 5.31. The molecule has 0 atom stereocenters. The zero-order valence-electron chi connectivity index (χ0n) is 20.4. The Bertz CT molecular complexity index is 1640. The molecule has 5 aromatic rings. The number of nitrogens with zero attached hydrogens (tertiary/aromatic N) is 7. The zero-order valence-corrected chi connectivity index (χ0v) is 21.1. The maximum Gasteiger partial charge on any atom is 0.434 e. The first-order chi connectivity index (χ1) is 18.8. The summed E-state index contributed by atoms with van der Waals surface area (Å²) in [6.45, 7) is 2.70. The lowest BCUT2D eigenvalue weighted by molar-refractivity contribution is -0.143. The first kappa shape index (κ1) is 26.3. The number of nitrogens with one attached hydrogen (secondary N) is 1. The lowest BCUT2D eigenvalue weighted by Gasteiger charge is -2.15. The first-order valence-corrected chi connectivity index (χ1v) is 12.1. The van der Waals surface area contributed by atoms with Crippen LogP contribution in [0.25, 0.3) is 22.3 Å². The summed E-state index contributed by atoms with van der Waals surface area (Å²) in [7, 11) is 0. The van der Waals surface area contributed by atoms with Crippen LogP contribution in [0.5, 0.6) is 0 Å². The SMILES string of the molecule is CCCOCc1ncc(-n2ncc(C(=O)Nc3cnc(-n4nccn4)c(Cl)c3)c2C(F)(F)F)c2ccccc12. The predicted octanol–water partition coefficient (Wildman–Crippen LogP) is 5.25. The van der Waals surface area contributed by atoms with E-state index < -0.39 is 23.3 Å². The second-order valence-corrected chi connectivity index (χ2v) is 8.71. The summed E-state index contributed by atoms with van der Waals surface area (Å²) in [4.78, 5) is 22.6. The third-order valence-electron chi connectivity index (χ3n) is 5.64. The van der Waals surface area contributed by atoms with Crippen molar-refractivity contribution < 1.29 is 22.7 Å². The molecule has 0 fully saturated rings. The van der Waals surface area contributed by atoms with Gasteiger partial charge < -0.3 is 10.1 Å². The van der Waals surface area contributed by atoms with Crippen molar-refractivity contribution in [3.05, 3.63) is 83.3 Å². The normalized spacial score (nSPS) is 11.7. The Kier molecular flexibility index (Phi) is 7.26. The quantitative estimate of drug-likeness (QED) is 0.260. The van der Waals surface area contributed by atoms with Crippen molar-refractivity contribution in [2.24, 2.45) is 0 Å². The molecular weight excluding hydrogens is 537 g/mol. The molecule has 4 heterocycles. The largest absolute Gasteiger partial charge is 0.434 e. The van der Waals surface area contributed by atoms with E-state index >= 15 is 0 Å². The smallest absolute Gasteiger partial charge is 0.375 e. The molecule has 4 aromatic heterocycles. The van der Waals surface area contributed by atoms with Crippen LogP contribution < -0.4 is 5.32 Å². The van der Waals surface area contributed by atoms with Crippen LogP contribution in [0.1, 0.15) is 35.1 Å². The first-order valence-electron chi connectivity index (χ1n) is 11.7. The number of hydrogen-bond acceptors (Lipinski definition) is 7. The van der Waals surface area contributed by atoms with Crippen molar-refractivity contribution >= 4 is 34.0 Å². The van der Waals surface area contributed by atoms with Gasteiger partial charge in [-0.1, -0.05) is 42.8 Å². The van der Waals surface area contributed by atoms with Crippen LogP contribution in [0.15, 0.2) is 61.3 Å². The number of amides is 1. The minimum Gasteiger partial charge on any atom is -0.375 e. The Hall–Kier alpha value is -4.36. The number of pyridine rings is 2. The number of benzene rings is 1. The van der Waals surface area contributed by atoms with Crippen LogP contribution in [-0.2, 0) is 17.5 Å². The molecule has 0 saturated carbocycles. The minimum absolute atomic E-state index is 0.0667. The summed E-state index contributed by atoms with van der Waals surface area (Å²) in [5.74, 6) is -0.857. The molecule has 0 aliphatic rings. The highest BCUT2D eigenvalue weighted by molar-refractivity contribution is 6.32. The number of fused-ring (bicyclic) bond motifs is 1. The van der Waals surface area contributed by atoms with Gasteiger partial charge in [-0.2, -0.15) is 28.5 Å². The van der Waals surface area contributed by atoms with Gasteiger partial charge in [0, 0.05) is 17.4 Å². The monoisotopic (exact) mass is 556 g/mol. The van der Waals surface area contributed by atoms with Gasteiger partial charge in [-0.15, -0.1) is 4.80 Å². The number of carbonyl (C=O) groups excluding carboxylic acids is 1. The molecule has 0 radical (unpaired) electrons. The average molecular weight is 557 g/mol. The maximum absolute atomic E-state index is 14.4. The average Bonchev–Trinajstić information content (AvgIpc) is 3.60. The van der Waals surface area contributed by atoms with Crippen LogP contribution in [0.3, 0.4) is 0 Å². The Labute approximate surface area is 224 Å². The fourth-order valence-corrected chi connectivity index (χ4v) is 4.21. The van der Waals surface area contributed by atoms with Gasteiger partial charge in [0.25, 0.3) is 5.91 Å². The van der Waals surface area contributed by atoms with E-state index in [1.54, 1.807) is 24.3 Å². The fourth-order valence-electron chi connectivity index (χ4n) is 3.97. The van der Waals surface area contributed by atoms with Crippen molar-refractivity contribution in [1.82, 2.24) is 34.7 Å². The number of hydrogen-bond donors (Lipinski definition) is 1. The number of ether oxygens (including phenoxy) is 1. The Balaban J connectivity index is 1.51. The van der Waals surface area contributed by atoms with E-state index in [4.69, 9.17) is 16.3 Å². The molecule has 0 unspecified atom stereocenters. The van der Waals surface area contributed by atoms with Crippen LogP contribution in [0.4, 0.5) is 18.9 Å². The van der Waals surface area contributed by atoms with Crippen molar-refractivity contribution in [1.29, 1.82) is 0 Å². The molecule has 1 aromatic carbocycles. The summed E-state index contributed by atoms with van der Waals surface area (Å²) in [5.41, 5.74) is -1.21. The van der Waals surface area contributed by atoms with Crippen molar-refractivity contribution in [2.45, 2.75) is 26.1 Å². The Morgan fingerprint density at radius 2 is 1.79 bits per heavy atom. The van der Waals surface area contributed by atoms with Crippen LogP contribution in [0.2, 0.25) is 5.02 Å². The van der Waals surface area contributed by atoms with E-state index in [-0.39, 0.29) is 28.8 Å². The summed E-state index contributed by atoms with van der Waals surface area (Å²) in [6, 6.07) is 8.21. The molecule has 14 heteroatoms. The van der Waals surface area contributed by atoms with E-state index in [1.165, 1.54) is 35.7 Å². The van der Waals surface area contributed by atoms with Crippen molar-refractivity contribution in [3.8, 4) is 11.5 Å². The summed E-state index contributed by atoms with van der Waals surface area (Å²) in [6.07, 6.45) is 2.14. The lowest BCUT2D eigenvalue weighted by atomic mass is 10.1. The number of rotatable bonds is 8. The minimum atomic E-state index is -4.92. The molecular formula is C25H20ClF3N8O2. The van der Waals surface area contributed by atoms with Gasteiger partial charge in [-0.05, 0) is 12.5 Å². The van der Waals surface area contributed by atoms with Gasteiger partial charge in [-0.3, -0.25) is 9.78 Å². The molecule has 39 heavy (non-hydrogen) atoms. The van der Waals surface area contributed by atoms with Crippen molar-refractivity contribution in [3.63, 3.8) is 0 Å². The molecule has 5 rings (SSSR count). The zero-order chi connectivity index (χ0) is 27.6. The van der Waals surface area contributed by atoms with Crippen LogP contribution in [-0.4, -0.2) is 47.3 Å². The van der Waals surface area contributed by atoms with E-state index in [0.717, 1.165) is 12.6 Å². The van der Waals surface area contributed by atoms with E-state index in [2.05, 4.69) is 30.6 Å². The maximum atomic E-state index is 14.4. The van der Waals surface area contributed by atoms with Gasteiger partial charge in [0.1, 0.15) is 0 Å². The van der Waals surface area contributed by atoms with Crippen LogP contribution >= 0.6 is 11.6 Å². The highest BCUT2D eigenvalue weighted by atomic mass is 35.5. The highest BCUT2D eigenvalue weighted by Crippen LogP contribution is 2.36. The Morgan fingerprint density at radius 3 is 2.49 bits per heavy atom. The lowest BCUT2D eigenvalue weighted by Crippen LogP contribution is -2.21. The number of halogens is 4. The van der Waals surface area contributed by atoms with Gasteiger partial charge in [-0.25, -0.2) is 9.67 Å². The number of aromatic nitrogens is 7. The Morgan fingerprint density at radius 1 is 1.05 bits per heavy atom. The molecule has 200 valence electrons. The van der Waals surface area contributed by atoms with E-state index in [1.807, 2.05) is 6.92 Å². The van der Waals surface area contributed by atoms with Gasteiger partial charge in [0.05, 0.1) is 65.2 Å². The standard InChI is InChI=1S/C25H20ClF3N8O2/c1-2-9-39-14-20-16-5-3-4-6-17(16)21(13-30-20)36-22(25(27,28)29)18(12-34-36)24(38)35-15-10-19(26)23(31-11-15)37-32-7-8-33-37/h3-8,10-13H,2,9,14H2,1H3,(H,35,38). The van der Waals surface area contributed by atoms with Crippen molar-refractivity contribution in [2.75, 3.05) is 11.9 Å². The number of carbonyl (C=O) groups is 1. The van der Waals surface area contributed by atoms with Gasteiger partial charge in [0.2, 0.25) is 0 Å². The van der Waals surface area contributed by atoms with Gasteiger partial charge >= 0.3 is 6.18 Å². The fraction of sp³-hybridized carbons (Fsp3) is 0.200. The predicted molar refractivity (Wildman–Crippen MR) is 136 cm³/mol. The number of anilines is 1. The van der Waals surface area contributed by atoms with Crippen LogP contribution in [0, 0.1) is 0 Å². The van der Waals surface area contributed by atoms with E-state index in [0.29, 0.717) is 27.8 Å². The molecule has 0 spiro atoms. The molecule has 10 nitrogen and oxygen atoms in total. The topological polar surface area (TPSA) is 113 Å². The summed E-state index contributed by atoms with van der Waals surface area (Å²) in [5, 5.41) is 15.4. The molecule has 0 aliphatic heterocycles. The second-order valence-electron chi connectivity index (χ2n) is 8.31. The second kappa shape index (κ2) is 10.8. The molecule has 1 amide bonds. The molecule has 1 N–H and O–H groups in total. The molecule has 0 bridgehead atoms. The molecule has 0 aliphatic carbocycles.